The number of primary amides is 1. The maximum atomic E-state index is 13.3. The van der Waals surface area contributed by atoms with E-state index < -0.39 is 11.7 Å². The van der Waals surface area contributed by atoms with Crippen LogP contribution < -0.4 is 21.7 Å². The first kappa shape index (κ1) is 12.9. The number of hydrazine groups is 1. The summed E-state index contributed by atoms with van der Waals surface area (Å²) in [5.74, 6) is 3.06. The van der Waals surface area contributed by atoms with Gasteiger partial charge in [0.2, 0.25) is 5.91 Å². The van der Waals surface area contributed by atoms with Gasteiger partial charge in [0.15, 0.2) is 0 Å². The molecule has 0 aliphatic rings. The first-order valence-electron chi connectivity index (χ1n) is 4.76. The van der Waals surface area contributed by atoms with E-state index in [1.165, 1.54) is 12.1 Å². The Morgan fingerprint density at radius 1 is 1.41 bits per heavy atom. The summed E-state index contributed by atoms with van der Waals surface area (Å²) >= 11 is 0. The molecule has 0 aliphatic heterocycles. The normalized spacial score (nSPS) is 9.76. The molecule has 92 valence electrons. The summed E-state index contributed by atoms with van der Waals surface area (Å²) in [7, 11) is 0. The molecular weight excluding hydrogens is 229 g/mol. The number of hydrogen-bond acceptors (Lipinski definition) is 4. The maximum Gasteiger partial charge on any atom is 0.251 e. The summed E-state index contributed by atoms with van der Waals surface area (Å²) in [6, 6.07) is 3.64. The van der Waals surface area contributed by atoms with Gasteiger partial charge in [0, 0.05) is 6.07 Å². The molecule has 0 aliphatic carbocycles. The molecular formula is C10H12FN3O3. The molecule has 5 N–H and O–H groups in total. The molecule has 0 saturated heterocycles. The Morgan fingerprint density at radius 3 is 2.65 bits per heavy atom. The summed E-state index contributed by atoms with van der Waals surface area (Å²) < 4.78 is 18.4. The predicted molar refractivity (Wildman–Crippen MR) is 57.4 cm³/mol. The van der Waals surface area contributed by atoms with E-state index in [0.717, 1.165) is 6.07 Å². The third kappa shape index (κ3) is 3.72. The van der Waals surface area contributed by atoms with Gasteiger partial charge in [0.1, 0.15) is 11.6 Å². The van der Waals surface area contributed by atoms with Gasteiger partial charge in [-0.2, -0.15) is 0 Å². The molecule has 1 aromatic carbocycles. The van der Waals surface area contributed by atoms with Crippen LogP contribution in [0.2, 0.25) is 0 Å². The molecule has 0 unspecified atom stereocenters. The van der Waals surface area contributed by atoms with Gasteiger partial charge in [0.25, 0.3) is 5.91 Å². The number of carbonyl (C=O) groups excluding carboxylic acids is 2. The predicted octanol–water partition coefficient (Wildman–Crippen LogP) is -0.317. The molecule has 0 heterocycles. The van der Waals surface area contributed by atoms with Gasteiger partial charge in [-0.3, -0.25) is 15.0 Å². The minimum absolute atomic E-state index is 0.0513. The third-order valence-electron chi connectivity index (χ3n) is 1.96. The van der Waals surface area contributed by atoms with Gasteiger partial charge in [0.05, 0.1) is 18.6 Å². The van der Waals surface area contributed by atoms with E-state index in [0.29, 0.717) is 0 Å². The van der Waals surface area contributed by atoms with Crippen LogP contribution in [-0.2, 0) is 4.79 Å². The highest BCUT2D eigenvalue weighted by Crippen LogP contribution is 2.16. The van der Waals surface area contributed by atoms with Gasteiger partial charge in [-0.1, -0.05) is 0 Å². The Kier molecular flexibility index (Phi) is 4.41. The summed E-state index contributed by atoms with van der Waals surface area (Å²) in [6.07, 6.45) is 0.0513. The van der Waals surface area contributed by atoms with Crippen molar-refractivity contribution in [2.45, 2.75) is 6.42 Å². The average Bonchev–Trinajstić information content (AvgIpc) is 2.28. The Labute approximate surface area is 96.7 Å². The number of ether oxygens (including phenoxy) is 1. The zero-order valence-corrected chi connectivity index (χ0v) is 8.90. The lowest BCUT2D eigenvalue weighted by molar-refractivity contribution is -0.121. The third-order valence-corrected chi connectivity index (χ3v) is 1.96. The van der Waals surface area contributed by atoms with Crippen LogP contribution in [0.4, 0.5) is 4.39 Å². The Hall–Kier alpha value is -2.15. The van der Waals surface area contributed by atoms with E-state index >= 15 is 0 Å². The minimum Gasteiger partial charge on any atom is -0.493 e. The zero-order valence-electron chi connectivity index (χ0n) is 8.90. The van der Waals surface area contributed by atoms with Gasteiger partial charge in [-0.05, 0) is 12.1 Å². The molecule has 1 aromatic rings. The number of nitrogens with one attached hydrogen (secondary N) is 1. The van der Waals surface area contributed by atoms with E-state index in [2.05, 4.69) is 0 Å². The number of nitrogens with two attached hydrogens (primary N) is 2. The quantitative estimate of drug-likeness (QED) is 0.373. The number of amides is 2. The van der Waals surface area contributed by atoms with E-state index in [4.69, 9.17) is 16.3 Å². The van der Waals surface area contributed by atoms with Crippen molar-refractivity contribution in [3.8, 4) is 5.75 Å². The monoisotopic (exact) mass is 241 g/mol. The topological polar surface area (TPSA) is 107 Å². The summed E-state index contributed by atoms with van der Waals surface area (Å²) in [6.45, 7) is 0.0540. The number of carbonyl (C=O) groups is 2. The molecule has 0 bridgehead atoms. The highest BCUT2D eigenvalue weighted by molar-refractivity contribution is 5.93. The fourth-order valence-electron chi connectivity index (χ4n) is 1.12. The Morgan fingerprint density at radius 2 is 2.12 bits per heavy atom. The highest BCUT2D eigenvalue weighted by Gasteiger charge is 2.09. The maximum absolute atomic E-state index is 13.3. The van der Waals surface area contributed by atoms with Crippen molar-refractivity contribution < 1.29 is 18.7 Å². The van der Waals surface area contributed by atoms with Crippen LogP contribution in [-0.4, -0.2) is 18.4 Å². The molecule has 2 amide bonds. The number of halogens is 1. The SMILES string of the molecule is NNC(=O)CCOc1ccc(C(N)=O)c(F)c1. The van der Waals surface area contributed by atoms with Crippen LogP contribution in [0.5, 0.6) is 5.75 Å². The minimum atomic E-state index is -0.850. The van der Waals surface area contributed by atoms with Crippen molar-refractivity contribution in [2.75, 3.05) is 6.61 Å². The molecule has 0 fully saturated rings. The van der Waals surface area contributed by atoms with Gasteiger partial charge in [-0.15, -0.1) is 0 Å². The average molecular weight is 241 g/mol. The Balaban J connectivity index is 2.59. The second-order valence-electron chi connectivity index (χ2n) is 3.17. The molecule has 0 aromatic heterocycles. The first-order chi connectivity index (χ1) is 8.04. The molecule has 1 rings (SSSR count). The van der Waals surface area contributed by atoms with Crippen LogP contribution in [0, 0.1) is 5.82 Å². The Bertz CT molecular complexity index is 437. The number of hydrogen-bond donors (Lipinski definition) is 3. The molecule has 17 heavy (non-hydrogen) atoms. The van der Waals surface area contributed by atoms with Crippen LogP contribution in [0.1, 0.15) is 16.8 Å². The lowest BCUT2D eigenvalue weighted by atomic mass is 10.2. The summed E-state index contributed by atoms with van der Waals surface area (Å²) in [5.41, 5.74) is 6.66. The fourth-order valence-corrected chi connectivity index (χ4v) is 1.12. The van der Waals surface area contributed by atoms with Gasteiger partial charge < -0.3 is 10.5 Å². The van der Waals surface area contributed by atoms with Gasteiger partial charge >= 0.3 is 0 Å². The summed E-state index contributed by atoms with van der Waals surface area (Å²) in [5, 5.41) is 0. The van der Waals surface area contributed by atoms with E-state index in [1.54, 1.807) is 0 Å². The smallest absolute Gasteiger partial charge is 0.251 e. The van der Waals surface area contributed by atoms with Crippen LogP contribution in [0.3, 0.4) is 0 Å². The van der Waals surface area contributed by atoms with E-state index in [1.807, 2.05) is 5.43 Å². The highest BCUT2D eigenvalue weighted by atomic mass is 19.1. The fraction of sp³-hybridized carbons (Fsp3) is 0.200. The largest absolute Gasteiger partial charge is 0.493 e. The van der Waals surface area contributed by atoms with E-state index in [9.17, 15) is 14.0 Å². The second-order valence-corrected chi connectivity index (χ2v) is 3.17. The van der Waals surface area contributed by atoms with Crippen LogP contribution in [0.25, 0.3) is 0 Å². The molecule has 0 spiro atoms. The van der Waals surface area contributed by atoms with Crippen molar-refractivity contribution >= 4 is 11.8 Å². The summed E-state index contributed by atoms with van der Waals surface area (Å²) in [4.78, 5) is 21.5. The zero-order chi connectivity index (χ0) is 12.8. The lowest BCUT2D eigenvalue weighted by Gasteiger charge is -2.06. The molecule has 6 nitrogen and oxygen atoms in total. The van der Waals surface area contributed by atoms with Crippen LogP contribution in [0.15, 0.2) is 18.2 Å². The molecule has 0 atom stereocenters. The molecule has 0 radical (unpaired) electrons. The van der Waals surface area contributed by atoms with Crippen LogP contribution >= 0.6 is 0 Å². The lowest BCUT2D eigenvalue weighted by Crippen LogP contribution is -2.31. The van der Waals surface area contributed by atoms with Gasteiger partial charge in [-0.25, -0.2) is 10.2 Å². The number of benzene rings is 1. The first-order valence-corrected chi connectivity index (χ1v) is 4.76. The standard InChI is InChI=1S/C10H12FN3O3/c11-8-5-6(1-2-7(8)10(12)16)17-4-3-9(15)14-13/h1-2,5H,3-4,13H2,(H2,12,16)(H,14,15). The second kappa shape index (κ2) is 5.80. The number of rotatable bonds is 5. The molecule has 0 saturated carbocycles. The van der Waals surface area contributed by atoms with Crippen molar-refractivity contribution in [2.24, 2.45) is 11.6 Å². The molecule has 7 heteroatoms. The van der Waals surface area contributed by atoms with Crippen molar-refractivity contribution in [3.05, 3.63) is 29.6 Å². The van der Waals surface area contributed by atoms with Crippen molar-refractivity contribution in [1.82, 2.24) is 5.43 Å². The van der Waals surface area contributed by atoms with E-state index in [-0.39, 0.29) is 30.2 Å². The van der Waals surface area contributed by atoms with Crippen molar-refractivity contribution in [1.29, 1.82) is 0 Å². The van der Waals surface area contributed by atoms with Crippen molar-refractivity contribution in [3.63, 3.8) is 0 Å².